The third kappa shape index (κ3) is 4.36. The molecule has 0 aliphatic carbocycles. The van der Waals surface area contributed by atoms with E-state index in [9.17, 15) is 8.42 Å². The number of piperazine rings is 1. The number of sulfonamides is 1. The van der Waals surface area contributed by atoms with E-state index in [0.29, 0.717) is 68.0 Å². The van der Waals surface area contributed by atoms with Crippen molar-refractivity contribution in [1.82, 2.24) is 33.5 Å². The summed E-state index contributed by atoms with van der Waals surface area (Å²) in [4.78, 5) is 11.8. The molecule has 0 saturated carbocycles. The smallest absolute Gasteiger partial charge is 0.243 e. The van der Waals surface area contributed by atoms with Gasteiger partial charge in [0, 0.05) is 44.0 Å². The normalized spacial score (nSPS) is 17.7. The standard InChI is InChI=1S/C24H33N7O3S/c1-17(2)31-23(25-16-26-31)20-15-28-12-13-34-21-7-6-18(14-19(21)22(28)27-20)35(32,33)30-10-8-29(9-11-30)24(3,4)5/h6-7,14-17H,8-13H2,1-5H3. The van der Waals surface area contributed by atoms with E-state index in [1.807, 2.05) is 29.3 Å². The molecule has 2 aliphatic heterocycles. The molecule has 2 aromatic heterocycles. The Labute approximate surface area is 206 Å². The summed E-state index contributed by atoms with van der Waals surface area (Å²) in [6.45, 7) is 14.0. The van der Waals surface area contributed by atoms with Gasteiger partial charge in [0.25, 0.3) is 0 Å². The number of benzene rings is 1. The van der Waals surface area contributed by atoms with Gasteiger partial charge in [0.05, 0.1) is 17.0 Å². The summed E-state index contributed by atoms with van der Waals surface area (Å²) in [5.74, 6) is 1.98. The van der Waals surface area contributed by atoms with Crippen molar-refractivity contribution in [2.45, 2.75) is 57.6 Å². The van der Waals surface area contributed by atoms with E-state index in [0.717, 1.165) is 0 Å². The number of rotatable bonds is 4. The maximum absolute atomic E-state index is 13.6. The Morgan fingerprint density at radius 1 is 1.03 bits per heavy atom. The van der Waals surface area contributed by atoms with Gasteiger partial charge in [-0.15, -0.1) is 0 Å². The molecule has 1 fully saturated rings. The maximum atomic E-state index is 13.6. The van der Waals surface area contributed by atoms with Crippen LogP contribution in [0.4, 0.5) is 0 Å². The molecule has 188 valence electrons. The van der Waals surface area contributed by atoms with Crippen LogP contribution in [0.15, 0.2) is 35.6 Å². The van der Waals surface area contributed by atoms with Crippen molar-refractivity contribution in [3.63, 3.8) is 0 Å². The van der Waals surface area contributed by atoms with Crippen LogP contribution in [-0.4, -0.2) is 80.3 Å². The van der Waals surface area contributed by atoms with Crippen molar-refractivity contribution in [2.24, 2.45) is 0 Å². The van der Waals surface area contributed by atoms with Gasteiger partial charge < -0.3 is 9.30 Å². The third-order valence-corrected chi connectivity index (χ3v) is 8.57. The van der Waals surface area contributed by atoms with Crippen LogP contribution in [0.3, 0.4) is 0 Å². The fourth-order valence-electron chi connectivity index (χ4n) is 4.69. The molecule has 0 bridgehead atoms. The van der Waals surface area contributed by atoms with Gasteiger partial charge >= 0.3 is 0 Å². The lowest BCUT2D eigenvalue weighted by molar-refractivity contribution is 0.0922. The van der Waals surface area contributed by atoms with E-state index >= 15 is 0 Å². The van der Waals surface area contributed by atoms with Gasteiger partial charge in [-0.1, -0.05) is 0 Å². The van der Waals surface area contributed by atoms with Gasteiger partial charge in [0.2, 0.25) is 10.0 Å². The van der Waals surface area contributed by atoms with E-state index in [-0.39, 0.29) is 16.5 Å². The first-order chi connectivity index (χ1) is 16.6. The number of fused-ring (bicyclic) bond motifs is 3. The summed E-state index contributed by atoms with van der Waals surface area (Å²) < 4.78 is 38.5. The highest BCUT2D eigenvalue weighted by Crippen LogP contribution is 2.36. The molecule has 35 heavy (non-hydrogen) atoms. The topological polar surface area (TPSA) is 98.4 Å². The van der Waals surface area contributed by atoms with Crippen LogP contribution in [0.5, 0.6) is 5.75 Å². The fourth-order valence-corrected chi connectivity index (χ4v) is 6.14. The second kappa shape index (κ2) is 8.72. The molecule has 3 aromatic rings. The Morgan fingerprint density at radius 3 is 2.46 bits per heavy atom. The van der Waals surface area contributed by atoms with Crippen molar-refractivity contribution < 1.29 is 13.2 Å². The molecule has 4 heterocycles. The molecule has 0 atom stereocenters. The highest BCUT2D eigenvalue weighted by atomic mass is 32.2. The van der Waals surface area contributed by atoms with Crippen molar-refractivity contribution in [1.29, 1.82) is 0 Å². The van der Waals surface area contributed by atoms with Crippen molar-refractivity contribution >= 4 is 10.0 Å². The van der Waals surface area contributed by atoms with Gasteiger partial charge in [-0.05, 0) is 52.8 Å². The molecule has 0 radical (unpaired) electrons. The zero-order valence-electron chi connectivity index (χ0n) is 21.0. The Balaban J connectivity index is 1.49. The molecular weight excluding hydrogens is 466 g/mol. The van der Waals surface area contributed by atoms with E-state index < -0.39 is 10.0 Å². The maximum Gasteiger partial charge on any atom is 0.243 e. The van der Waals surface area contributed by atoms with E-state index in [4.69, 9.17) is 9.72 Å². The summed E-state index contributed by atoms with van der Waals surface area (Å²) in [7, 11) is -3.65. The minimum absolute atomic E-state index is 0.0197. The predicted molar refractivity (Wildman–Crippen MR) is 133 cm³/mol. The summed E-state index contributed by atoms with van der Waals surface area (Å²) in [5.41, 5.74) is 1.38. The zero-order chi connectivity index (χ0) is 25.0. The first-order valence-corrected chi connectivity index (χ1v) is 13.5. The van der Waals surface area contributed by atoms with Crippen molar-refractivity contribution in [3.05, 3.63) is 30.7 Å². The van der Waals surface area contributed by atoms with Crippen molar-refractivity contribution in [2.75, 3.05) is 32.8 Å². The lowest BCUT2D eigenvalue weighted by atomic mass is 10.1. The predicted octanol–water partition coefficient (Wildman–Crippen LogP) is 2.89. The van der Waals surface area contributed by atoms with Gasteiger partial charge in [0.1, 0.15) is 30.2 Å². The molecular formula is C24H33N7O3S. The molecule has 1 aromatic carbocycles. The van der Waals surface area contributed by atoms with Gasteiger partial charge in [-0.3, -0.25) is 4.90 Å². The van der Waals surface area contributed by atoms with Crippen LogP contribution in [0.2, 0.25) is 0 Å². The number of imidazole rings is 1. The van der Waals surface area contributed by atoms with Gasteiger partial charge in [0.15, 0.2) is 5.82 Å². The average Bonchev–Trinajstić information content (AvgIpc) is 3.43. The highest BCUT2D eigenvalue weighted by Gasteiger charge is 2.33. The van der Waals surface area contributed by atoms with E-state index in [1.165, 1.54) is 6.33 Å². The molecule has 0 amide bonds. The number of hydrogen-bond acceptors (Lipinski definition) is 7. The van der Waals surface area contributed by atoms with Crippen LogP contribution in [0, 0.1) is 0 Å². The summed E-state index contributed by atoms with van der Waals surface area (Å²) >= 11 is 0. The van der Waals surface area contributed by atoms with Crippen LogP contribution in [-0.2, 0) is 16.6 Å². The minimum atomic E-state index is -3.65. The molecule has 10 nitrogen and oxygen atoms in total. The van der Waals surface area contributed by atoms with Crippen molar-refractivity contribution in [3.8, 4) is 28.7 Å². The number of hydrogen-bond donors (Lipinski definition) is 0. The quantitative estimate of drug-likeness (QED) is 0.544. The molecule has 0 unspecified atom stereocenters. The Kier molecular flexibility index (Phi) is 5.97. The lowest BCUT2D eigenvalue weighted by Gasteiger charge is -2.41. The molecule has 0 N–H and O–H groups in total. The molecule has 11 heteroatoms. The summed E-state index contributed by atoms with van der Waals surface area (Å²) in [5, 5.41) is 4.32. The Morgan fingerprint density at radius 2 is 1.77 bits per heavy atom. The molecule has 5 rings (SSSR count). The van der Waals surface area contributed by atoms with E-state index in [2.05, 4.69) is 35.8 Å². The summed E-state index contributed by atoms with van der Waals surface area (Å²) in [6.07, 6.45) is 3.46. The number of aromatic nitrogens is 5. The average molecular weight is 500 g/mol. The monoisotopic (exact) mass is 499 g/mol. The van der Waals surface area contributed by atoms with Crippen LogP contribution in [0.1, 0.15) is 40.7 Å². The minimum Gasteiger partial charge on any atom is -0.491 e. The molecule has 0 spiro atoms. The zero-order valence-corrected chi connectivity index (χ0v) is 21.8. The second-order valence-corrected chi connectivity index (χ2v) is 12.3. The third-order valence-electron chi connectivity index (χ3n) is 6.67. The Bertz CT molecular complexity index is 1330. The largest absolute Gasteiger partial charge is 0.491 e. The number of nitrogens with zero attached hydrogens (tertiary/aromatic N) is 7. The summed E-state index contributed by atoms with van der Waals surface area (Å²) in [6, 6.07) is 5.22. The number of ether oxygens (including phenoxy) is 1. The van der Waals surface area contributed by atoms with Crippen LogP contribution >= 0.6 is 0 Å². The lowest BCUT2D eigenvalue weighted by Crippen LogP contribution is -2.54. The first-order valence-electron chi connectivity index (χ1n) is 12.0. The SMILES string of the molecule is CC(C)n1ncnc1-c1cn2c(n1)-c1cc(S(=O)(=O)N3CCN(C(C)(C)C)CC3)ccc1OCC2. The fraction of sp³-hybridized carbons (Fsp3) is 0.542. The Hall–Kier alpha value is -2.76. The first kappa shape index (κ1) is 24.0. The highest BCUT2D eigenvalue weighted by molar-refractivity contribution is 7.89. The van der Waals surface area contributed by atoms with Crippen LogP contribution in [0.25, 0.3) is 22.9 Å². The van der Waals surface area contributed by atoms with Gasteiger partial charge in [-0.25, -0.2) is 23.1 Å². The molecule has 2 aliphatic rings. The van der Waals surface area contributed by atoms with Crippen LogP contribution < -0.4 is 4.74 Å². The van der Waals surface area contributed by atoms with Gasteiger partial charge in [-0.2, -0.15) is 9.40 Å². The van der Waals surface area contributed by atoms with E-state index in [1.54, 1.807) is 22.5 Å². The molecule has 1 saturated heterocycles. The second-order valence-electron chi connectivity index (χ2n) is 10.3.